The maximum Gasteiger partial charge on any atom is 0.221 e. The Morgan fingerprint density at radius 3 is 2.38 bits per heavy atom. The predicted molar refractivity (Wildman–Crippen MR) is 81.6 cm³/mol. The zero-order valence-corrected chi connectivity index (χ0v) is 11.5. The molecule has 0 bridgehead atoms. The molecule has 0 aliphatic heterocycles. The number of rotatable bonds is 3. The largest absolute Gasteiger partial charge is 0.326 e. The van der Waals surface area contributed by atoms with Crippen LogP contribution < -0.4 is 5.32 Å². The van der Waals surface area contributed by atoms with Crippen molar-refractivity contribution in [2.24, 2.45) is 0 Å². The van der Waals surface area contributed by atoms with Crippen LogP contribution in [0.5, 0.6) is 0 Å². The van der Waals surface area contributed by atoms with Gasteiger partial charge in [0.15, 0.2) is 11.6 Å². The van der Waals surface area contributed by atoms with Crippen molar-refractivity contribution >= 4 is 11.6 Å². The number of aromatic amines is 1. The zero-order chi connectivity index (χ0) is 14.7. The first kappa shape index (κ1) is 13.1. The molecule has 21 heavy (non-hydrogen) atoms. The third-order valence-corrected chi connectivity index (χ3v) is 3.00. The van der Waals surface area contributed by atoms with Crippen LogP contribution in [0.15, 0.2) is 54.6 Å². The fourth-order valence-corrected chi connectivity index (χ4v) is 2.02. The number of aromatic nitrogens is 3. The van der Waals surface area contributed by atoms with Gasteiger partial charge in [-0.15, -0.1) is 0 Å². The molecular formula is C16H14N4O. The molecule has 1 amide bonds. The Labute approximate surface area is 122 Å². The smallest absolute Gasteiger partial charge is 0.221 e. The molecule has 3 rings (SSSR count). The van der Waals surface area contributed by atoms with E-state index in [0.717, 1.165) is 16.8 Å². The Balaban J connectivity index is 1.85. The number of hydrogen-bond donors (Lipinski definition) is 2. The molecule has 0 atom stereocenters. The van der Waals surface area contributed by atoms with E-state index in [4.69, 9.17) is 0 Å². The number of hydrogen-bond acceptors (Lipinski definition) is 3. The van der Waals surface area contributed by atoms with Crippen LogP contribution in [0, 0.1) is 0 Å². The summed E-state index contributed by atoms with van der Waals surface area (Å²) in [5.41, 5.74) is 2.64. The monoisotopic (exact) mass is 278 g/mol. The molecule has 0 aliphatic rings. The number of anilines is 1. The molecule has 0 saturated heterocycles. The third kappa shape index (κ3) is 2.97. The molecule has 1 aromatic heterocycles. The highest BCUT2D eigenvalue weighted by Gasteiger charge is 2.07. The maximum absolute atomic E-state index is 11.0. The lowest BCUT2D eigenvalue weighted by Crippen LogP contribution is -2.05. The number of carbonyl (C=O) groups is 1. The van der Waals surface area contributed by atoms with E-state index >= 15 is 0 Å². The Kier molecular flexibility index (Phi) is 3.47. The van der Waals surface area contributed by atoms with Gasteiger partial charge < -0.3 is 5.32 Å². The van der Waals surface area contributed by atoms with E-state index in [1.807, 2.05) is 54.6 Å². The first-order valence-corrected chi connectivity index (χ1v) is 6.58. The van der Waals surface area contributed by atoms with Gasteiger partial charge in [-0.2, -0.15) is 5.10 Å². The van der Waals surface area contributed by atoms with E-state index in [1.54, 1.807) is 0 Å². The Hall–Kier alpha value is -2.95. The molecular weight excluding hydrogens is 264 g/mol. The highest BCUT2D eigenvalue weighted by Crippen LogP contribution is 2.21. The van der Waals surface area contributed by atoms with Gasteiger partial charge in [-0.25, -0.2) is 4.98 Å². The predicted octanol–water partition coefficient (Wildman–Crippen LogP) is 3.10. The summed E-state index contributed by atoms with van der Waals surface area (Å²) in [4.78, 5) is 15.5. The molecule has 5 nitrogen and oxygen atoms in total. The molecule has 2 aromatic carbocycles. The first-order chi connectivity index (χ1) is 10.2. The first-order valence-electron chi connectivity index (χ1n) is 6.58. The van der Waals surface area contributed by atoms with Crippen LogP contribution in [0.25, 0.3) is 22.8 Å². The molecule has 0 radical (unpaired) electrons. The van der Waals surface area contributed by atoms with E-state index in [1.165, 1.54) is 6.92 Å². The van der Waals surface area contributed by atoms with Gasteiger partial charge in [0, 0.05) is 23.7 Å². The zero-order valence-electron chi connectivity index (χ0n) is 11.5. The number of H-pyrrole nitrogens is 1. The van der Waals surface area contributed by atoms with Crippen LogP contribution >= 0.6 is 0 Å². The Morgan fingerprint density at radius 2 is 1.71 bits per heavy atom. The van der Waals surface area contributed by atoms with Crippen molar-refractivity contribution in [1.29, 1.82) is 0 Å². The van der Waals surface area contributed by atoms with Crippen LogP contribution in [-0.4, -0.2) is 21.1 Å². The SMILES string of the molecule is CC(=O)Nc1ccc(-c2nc(-c3ccccc3)n[nH]2)cc1. The van der Waals surface area contributed by atoms with Gasteiger partial charge in [-0.3, -0.25) is 9.89 Å². The summed E-state index contributed by atoms with van der Waals surface area (Å²) >= 11 is 0. The van der Waals surface area contributed by atoms with Crippen molar-refractivity contribution < 1.29 is 4.79 Å². The second kappa shape index (κ2) is 5.58. The Morgan fingerprint density at radius 1 is 1.00 bits per heavy atom. The minimum atomic E-state index is -0.0891. The van der Waals surface area contributed by atoms with Gasteiger partial charge in [0.05, 0.1) is 0 Å². The lowest BCUT2D eigenvalue weighted by atomic mass is 10.2. The van der Waals surface area contributed by atoms with Crippen LogP contribution in [0.3, 0.4) is 0 Å². The molecule has 0 unspecified atom stereocenters. The van der Waals surface area contributed by atoms with Gasteiger partial charge in [-0.05, 0) is 24.3 Å². The third-order valence-electron chi connectivity index (χ3n) is 3.00. The quantitative estimate of drug-likeness (QED) is 0.773. The molecule has 2 N–H and O–H groups in total. The van der Waals surface area contributed by atoms with E-state index in [0.29, 0.717) is 11.6 Å². The average molecular weight is 278 g/mol. The van der Waals surface area contributed by atoms with Crippen molar-refractivity contribution in [3.63, 3.8) is 0 Å². The summed E-state index contributed by atoms with van der Waals surface area (Å²) < 4.78 is 0. The van der Waals surface area contributed by atoms with Crippen molar-refractivity contribution in [3.05, 3.63) is 54.6 Å². The van der Waals surface area contributed by atoms with Crippen LogP contribution in [-0.2, 0) is 4.79 Å². The summed E-state index contributed by atoms with van der Waals surface area (Å²) in [6.07, 6.45) is 0. The number of amides is 1. The van der Waals surface area contributed by atoms with Gasteiger partial charge >= 0.3 is 0 Å². The number of carbonyl (C=O) groups excluding carboxylic acids is 1. The topological polar surface area (TPSA) is 70.7 Å². The fraction of sp³-hybridized carbons (Fsp3) is 0.0625. The van der Waals surface area contributed by atoms with Crippen molar-refractivity contribution in [3.8, 4) is 22.8 Å². The minimum absolute atomic E-state index is 0.0891. The van der Waals surface area contributed by atoms with Gasteiger partial charge in [0.1, 0.15) is 0 Å². The van der Waals surface area contributed by atoms with Gasteiger partial charge in [0.25, 0.3) is 0 Å². The highest BCUT2D eigenvalue weighted by atomic mass is 16.1. The van der Waals surface area contributed by atoms with Crippen LogP contribution in [0.2, 0.25) is 0 Å². The number of nitrogens with one attached hydrogen (secondary N) is 2. The number of nitrogens with zero attached hydrogens (tertiary/aromatic N) is 2. The van der Waals surface area contributed by atoms with Crippen molar-refractivity contribution in [1.82, 2.24) is 15.2 Å². The summed E-state index contributed by atoms with van der Waals surface area (Å²) in [6.45, 7) is 1.48. The standard InChI is InChI=1S/C16H14N4O/c1-11(21)17-14-9-7-13(8-10-14)16-18-15(19-20-16)12-5-3-2-4-6-12/h2-10H,1H3,(H,17,21)(H,18,19,20). The second-order valence-corrected chi connectivity index (χ2v) is 4.63. The molecule has 5 heteroatoms. The molecule has 0 fully saturated rings. The van der Waals surface area contributed by atoms with Gasteiger partial charge in [0.2, 0.25) is 5.91 Å². The average Bonchev–Trinajstić information content (AvgIpc) is 2.98. The highest BCUT2D eigenvalue weighted by molar-refractivity contribution is 5.88. The lowest BCUT2D eigenvalue weighted by molar-refractivity contribution is -0.114. The molecule has 0 aliphatic carbocycles. The minimum Gasteiger partial charge on any atom is -0.326 e. The lowest BCUT2D eigenvalue weighted by Gasteiger charge is -2.02. The summed E-state index contributed by atoms with van der Waals surface area (Å²) in [5.74, 6) is 1.27. The van der Waals surface area contributed by atoms with Crippen LogP contribution in [0.4, 0.5) is 5.69 Å². The summed E-state index contributed by atoms with van der Waals surface area (Å²) in [6, 6.07) is 17.2. The molecule has 104 valence electrons. The second-order valence-electron chi connectivity index (χ2n) is 4.63. The Bertz CT molecular complexity index is 747. The van der Waals surface area contributed by atoms with E-state index in [2.05, 4.69) is 20.5 Å². The van der Waals surface area contributed by atoms with Crippen molar-refractivity contribution in [2.75, 3.05) is 5.32 Å². The summed E-state index contributed by atoms with van der Waals surface area (Å²) in [5, 5.41) is 9.89. The van der Waals surface area contributed by atoms with E-state index in [9.17, 15) is 4.79 Å². The maximum atomic E-state index is 11.0. The fourth-order valence-electron chi connectivity index (χ4n) is 2.02. The van der Waals surface area contributed by atoms with E-state index < -0.39 is 0 Å². The summed E-state index contributed by atoms with van der Waals surface area (Å²) in [7, 11) is 0. The van der Waals surface area contributed by atoms with Gasteiger partial charge in [-0.1, -0.05) is 30.3 Å². The molecule has 3 aromatic rings. The van der Waals surface area contributed by atoms with E-state index in [-0.39, 0.29) is 5.91 Å². The number of benzene rings is 2. The molecule has 0 saturated carbocycles. The molecule has 0 spiro atoms. The van der Waals surface area contributed by atoms with Crippen molar-refractivity contribution in [2.45, 2.75) is 6.92 Å². The molecule has 1 heterocycles. The van der Waals surface area contributed by atoms with Crippen LogP contribution in [0.1, 0.15) is 6.92 Å². The normalized spacial score (nSPS) is 10.3.